The Kier molecular flexibility index (Phi) is 7.01. The Hall–Kier alpha value is -2.11. The number of furan rings is 1. The molecule has 1 amide bonds. The van der Waals surface area contributed by atoms with Crippen LogP contribution >= 0.6 is 0 Å². The Morgan fingerprint density at radius 3 is 2.38 bits per heavy atom. The van der Waals surface area contributed by atoms with E-state index in [1.54, 1.807) is 6.26 Å². The molecule has 2 aromatic rings. The first-order chi connectivity index (χ1) is 14.3. The van der Waals surface area contributed by atoms with Crippen molar-refractivity contribution in [3.05, 3.63) is 54.5 Å². The number of nitrogens with zero attached hydrogens (tertiary/aromatic N) is 2. The van der Waals surface area contributed by atoms with E-state index in [0.29, 0.717) is 25.3 Å². The van der Waals surface area contributed by atoms with E-state index in [1.807, 2.05) is 47.4 Å². The Bertz CT molecular complexity index is 733. The monoisotopic (exact) mass is 396 g/mol. The van der Waals surface area contributed by atoms with E-state index in [9.17, 15) is 4.79 Å². The molecule has 2 heterocycles. The molecule has 156 valence electrons. The molecule has 4 rings (SSSR count). The van der Waals surface area contributed by atoms with E-state index in [2.05, 4.69) is 4.90 Å². The maximum Gasteiger partial charge on any atom is 0.241 e. The first-order valence-electron chi connectivity index (χ1n) is 11.0. The van der Waals surface area contributed by atoms with Gasteiger partial charge in [-0.05, 0) is 49.9 Å². The van der Waals surface area contributed by atoms with Crippen LogP contribution in [0.25, 0.3) is 0 Å². The summed E-state index contributed by atoms with van der Waals surface area (Å²) in [5, 5.41) is 0. The predicted octanol–water partition coefficient (Wildman–Crippen LogP) is 4.63. The second kappa shape index (κ2) is 10.1. The van der Waals surface area contributed by atoms with E-state index < -0.39 is 0 Å². The molecule has 1 saturated carbocycles. The zero-order chi connectivity index (χ0) is 19.9. The van der Waals surface area contributed by atoms with Gasteiger partial charge in [-0.25, -0.2) is 0 Å². The van der Waals surface area contributed by atoms with Gasteiger partial charge >= 0.3 is 0 Å². The quantitative estimate of drug-likeness (QED) is 0.685. The molecule has 0 unspecified atom stereocenters. The standard InChI is InChI=1S/C24H32N2O3/c27-24(26(18-23-12-7-17-28-23)20-8-3-1-4-9-20)19-25-15-13-22(14-16-25)29-21-10-5-2-6-11-21/h1,3-4,7-9,12,17,21-22H,2,5-6,10-11,13-16,18-19H2. The summed E-state index contributed by atoms with van der Waals surface area (Å²) in [6, 6.07) is 13.6. The van der Waals surface area contributed by atoms with Crippen molar-refractivity contribution in [2.24, 2.45) is 0 Å². The molecule has 0 spiro atoms. The average molecular weight is 397 g/mol. The third-order valence-corrected chi connectivity index (χ3v) is 6.09. The first-order valence-corrected chi connectivity index (χ1v) is 11.0. The minimum absolute atomic E-state index is 0.110. The lowest BCUT2D eigenvalue weighted by Gasteiger charge is -2.35. The van der Waals surface area contributed by atoms with E-state index in [1.165, 1.54) is 32.1 Å². The van der Waals surface area contributed by atoms with E-state index >= 15 is 0 Å². The molecular formula is C24H32N2O3. The summed E-state index contributed by atoms with van der Waals surface area (Å²) < 4.78 is 11.8. The lowest BCUT2D eigenvalue weighted by molar-refractivity contribution is -0.121. The van der Waals surface area contributed by atoms with Gasteiger partial charge in [0.2, 0.25) is 5.91 Å². The third kappa shape index (κ3) is 5.71. The van der Waals surface area contributed by atoms with E-state index in [4.69, 9.17) is 9.15 Å². The topological polar surface area (TPSA) is 45.9 Å². The minimum Gasteiger partial charge on any atom is -0.467 e. The highest BCUT2D eigenvalue weighted by atomic mass is 16.5. The minimum atomic E-state index is 0.110. The van der Waals surface area contributed by atoms with Gasteiger partial charge in [-0.3, -0.25) is 9.69 Å². The maximum atomic E-state index is 13.1. The molecule has 0 bridgehead atoms. The number of para-hydroxylation sites is 1. The molecule has 1 aliphatic carbocycles. The van der Waals surface area contributed by atoms with Crippen molar-refractivity contribution in [2.75, 3.05) is 24.5 Å². The Balaban J connectivity index is 1.31. The zero-order valence-corrected chi connectivity index (χ0v) is 17.2. The van der Waals surface area contributed by atoms with Crippen LogP contribution in [0.5, 0.6) is 0 Å². The van der Waals surface area contributed by atoms with Crippen molar-refractivity contribution in [3.63, 3.8) is 0 Å². The SMILES string of the molecule is O=C(CN1CCC(OC2CCCCC2)CC1)N(Cc1ccco1)c1ccccc1. The average Bonchev–Trinajstić information content (AvgIpc) is 3.28. The molecule has 1 aromatic carbocycles. The molecular weight excluding hydrogens is 364 g/mol. The molecule has 1 aliphatic heterocycles. The van der Waals surface area contributed by atoms with Crippen molar-refractivity contribution in [3.8, 4) is 0 Å². The largest absolute Gasteiger partial charge is 0.467 e. The fraction of sp³-hybridized carbons (Fsp3) is 0.542. The number of amides is 1. The van der Waals surface area contributed by atoms with Gasteiger partial charge in [0.05, 0.1) is 31.6 Å². The number of ether oxygens (including phenoxy) is 1. The molecule has 1 saturated heterocycles. The van der Waals surface area contributed by atoms with E-state index in [0.717, 1.165) is 37.4 Å². The summed E-state index contributed by atoms with van der Waals surface area (Å²) in [5.41, 5.74) is 0.907. The first kappa shape index (κ1) is 20.2. The fourth-order valence-electron chi connectivity index (χ4n) is 4.44. The normalized spacial score (nSPS) is 19.3. The Labute approximate surface area is 173 Å². The lowest BCUT2D eigenvalue weighted by atomic mass is 9.97. The number of likely N-dealkylation sites (tertiary alicyclic amines) is 1. The number of anilines is 1. The Morgan fingerprint density at radius 2 is 1.69 bits per heavy atom. The van der Waals surface area contributed by atoms with Crippen LogP contribution in [0.2, 0.25) is 0 Å². The summed E-state index contributed by atoms with van der Waals surface area (Å²) in [7, 11) is 0. The molecule has 29 heavy (non-hydrogen) atoms. The van der Waals surface area contributed by atoms with Crippen LogP contribution in [0, 0.1) is 0 Å². The molecule has 2 fully saturated rings. The number of piperidine rings is 1. The smallest absolute Gasteiger partial charge is 0.241 e. The summed E-state index contributed by atoms with van der Waals surface area (Å²) in [5.74, 6) is 0.904. The van der Waals surface area contributed by atoms with Gasteiger partial charge in [0.1, 0.15) is 5.76 Å². The molecule has 5 nitrogen and oxygen atoms in total. The number of hydrogen-bond donors (Lipinski definition) is 0. The van der Waals surface area contributed by atoms with Crippen molar-refractivity contribution in [2.45, 2.75) is 63.7 Å². The van der Waals surface area contributed by atoms with Crippen LogP contribution in [-0.4, -0.2) is 42.6 Å². The number of benzene rings is 1. The molecule has 5 heteroatoms. The number of carbonyl (C=O) groups excluding carboxylic acids is 1. The second-order valence-corrected chi connectivity index (χ2v) is 8.27. The van der Waals surface area contributed by atoms with E-state index in [-0.39, 0.29) is 5.91 Å². The molecule has 0 atom stereocenters. The van der Waals surface area contributed by atoms with Crippen LogP contribution < -0.4 is 4.90 Å². The fourth-order valence-corrected chi connectivity index (χ4v) is 4.44. The van der Waals surface area contributed by atoms with Gasteiger partial charge in [-0.15, -0.1) is 0 Å². The lowest BCUT2D eigenvalue weighted by Crippen LogP contribution is -2.45. The van der Waals surface area contributed by atoms with Crippen LogP contribution in [0.3, 0.4) is 0 Å². The second-order valence-electron chi connectivity index (χ2n) is 8.27. The number of hydrogen-bond acceptors (Lipinski definition) is 4. The summed E-state index contributed by atoms with van der Waals surface area (Å²) in [4.78, 5) is 17.2. The van der Waals surface area contributed by atoms with Crippen LogP contribution in [0.1, 0.15) is 50.7 Å². The molecule has 1 aromatic heterocycles. The highest BCUT2D eigenvalue weighted by Crippen LogP contribution is 2.25. The number of carbonyl (C=O) groups is 1. The zero-order valence-electron chi connectivity index (χ0n) is 17.2. The van der Waals surface area contributed by atoms with Gasteiger partial charge in [0.15, 0.2) is 0 Å². The highest BCUT2D eigenvalue weighted by molar-refractivity contribution is 5.94. The van der Waals surface area contributed by atoms with Gasteiger partial charge in [0, 0.05) is 18.8 Å². The highest BCUT2D eigenvalue weighted by Gasteiger charge is 2.26. The van der Waals surface area contributed by atoms with Gasteiger partial charge in [-0.1, -0.05) is 37.5 Å². The Morgan fingerprint density at radius 1 is 0.966 bits per heavy atom. The van der Waals surface area contributed by atoms with Crippen molar-refractivity contribution < 1.29 is 13.9 Å². The third-order valence-electron chi connectivity index (χ3n) is 6.09. The van der Waals surface area contributed by atoms with Crippen molar-refractivity contribution >= 4 is 11.6 Å². The maximum absolute atomic E-state index is 13.1. The number of rotatable bonds is 7. The van der Waals surface area contributed by atoms with Gasteiger partial charge in [-0.2, -0.15) is 0 Å². The van der Waals surface area contributed by atoms with Gasteiger partial charge < -0.3 is 14.1 Å². The summed E-state index contributed by atoms with van der Waals surface area (Å²) >= 11 is 0. The summed E-state index contributed by atoms with van der Waals surface area (Å²) in [6.45, 7) is 2.74. The van der Waals surface area contributed by atoms with Crippen LogP contribution in [0.15, 0.2) is 53.1 Å². The molecule has 0 radical (unpaired) electrons. The van der Waals surface area contributed by atoms with Crippen molar-refractivity contribution in [1.29, 1.82) is 0 Å². The molecule has 2 aliphatic rings. The van der Waals surface area contributed by atoms with Crippen LogP contribution in [-0.2, 0) is 16.1 Å². The van der Waals surface area contributed by atoms with Gasteiger partial charge in [0.25, 0.3) is 0 Å². The molecule has 0 N–H and O–H groups in total. The van der Waals surface area contributed by atoms with Crippen LogP contribution in [0.4, 0.5) is 5.69 Å². The summed E-state index contributed by atoms with van der Waals surface area (Å²) in [6.07, 6.45) is 10.9. The van der Waals surface area contributed by atoms with Crippen molar-refractivity contribution in [1.82, 2.24) is 4.90 Å². The predicted molar refractivity (Wildman–Crippen MR) is 114 cm³/mol.